The molecule has 0 amide bonds. The van der Waals surface area contributed by atoms with Crippen LogP contribution in [0, 0.1) is 5.92 Å². The van der Waals surface area contributed by atoms with Crippen molar-refractivity contribution >= 4 is 8.07 Å². The number of nitrogens with two attached hydrogens (primary N) is 1. The van der Waals surface area contributed by atoms with Crippen LogP contribution in [0.25, 0.3) is 0 Å². The zero-order chi connectivity index (χ0) is 11.3. The third-order valence-corrected chi connectivity index (χ3v) is 4.40. The second-order valence-corrected chi connectivity index (χ2v) is 11.1. The summed E-state index contributed by atoms with van der Waals surface area (Å²) in [5.74, 6) is 0.666. The fourth-order valence-corrected chi connectivity index (χ4v) is 4.10. The largest absolute Gasteiger partial charge is 0.330 e. The van der Waals surface area contributed by atoms with E-state index in [1.165, 1.54) is 11.6 Å². The van der Waals surface area contributed by atoms with Crippen LogP contribution in [0.2, 0.25) is 25.7 Å². The van der Waals surface area contributed by atoms with E-state index in [2.05, 4.69) is 50.0 Å². The van der Waals surface area contributed by atoms with Gasteiger partial charge in [-0.1, -0.05) is 56.0 Å². The van der Waals surface area contributed by atoms with Crippen molar-refractivity contribution in [1.82, 2.24) is 0 Å². The Balaban J connectivity index is 2.55. The number of benzene rings is 1. The molecule has 0 saturated heterocycles. The van der Waals surface area contributed by atoms with Gasteiger partial charge in [0, 0.05) is 8.07 Å². The molecule has 1 atom stereocenters. The first-order valence-corrected chi connectivity index (χ1v) is 9.46. The molecule has 1 aromatic carbocycles. The molecular formula is C13H23NSi. The first-order chi connectivity index (χ1) is 7.01. The topological polar surface area (TPSA) is 26.0 Å². The van der Waals surface area contributed by atoms with Crippen molar-refractivity contribution in [2.75, 3.05) is 6.54 Å². The number of hydrogen-bond donors (Lipinski definition) is 1. The van der Waals surface area contributed by atoms with E-state index in [1.54, 1.807) is 0 Å². The lowest BCUT2D eigenvalue weighted by Gasteiger charge is -2.23. The van der Waals surface area contributed by atoms with E-state index in [9.17, 15) is 0 Å². The zero-order valence-corrected chi connectivity index (χ0v) is 11.2. The molecule has 84 valence electrons. The first kappa shape index (κ1) is 12.5. The van der Waals surface area contributed by atoms with Gasteiger partial charge in [0.25, 0.3) is 0 Å². The molecule has 0 aliphatic heterocycles. The van der Waals surface area contributed by atoms with Crippen molar-refractivity contribution in [2.24, 2.45) is 11.7 Å². The van der Waals surface area contributed by atoms with E-state index in [-0.39, 0.29) is 0 Å². The van der Waals surface area contributed by atoms with Crippen molar-refractivity contribution < 1.29 is 0 Å². The highest BCUT2D eigenvalue weighted by Gasteiger charge is 2.19. The average molecular weight is 221 g/mol. The predicted molar refractivity (Wildman–Crippen MR) is 70.8 cm³/mol. The number of rotatable bonds is 5. The Labute approximate surface area is 94.7 Å². The highest BCUT2D eigenvalue weighted by Crippen LogP contribution is 2.19. The molecule has 0 spiro atoms. The zero-order valence-electron chi connectivity index (χ0n) is 10.2. The molecule has 2 N–H and O–H groups in total. The minimum absolute atomic E-state index is 0.666. The van der Waals surface area contributed by atoms with Crippen molar-refractivity contribution in [2.45, 2.75) is 32.1 Å². The van der Waals surface area contributed by atoms with Crippen LogP contribution in [0.1, 0.15) is 5.56 Å². The van der Waals surface area contributed by atoms with E-state index in [0.29, 0.717) is 5.92 Å². The normalized spacial score (nSPS) is 13.9. The monoisotopic (exact) mass is 221 g/mol. The maximum atomic E-state index is 5.85. The highest BCUT2D eigenvalue weighted by molar-refractivity contribution is 6.76. The van der Waals surface area contributed by atoms with Crippen molar-refractivity contribution in [3.63, 3.8) is 0 Å². The quantitative estimate of drug-likeness (QED) is 0.760. The molecule has 0 radical (unpaired) electrons. The van der Waals surface area contributed by atoms with Crippen LogP contribution in [0.15, 0.2) is 30.3 Å². The average Bonchev–Trinajstić information content (AvgIpc) is 2.16. The third kappa shape index (κ3) is 5.14. The van der Waals surface area contributed by atoms with Crippen molar-refractivity contribution in [3.8, 4) is 0 Å². The predicted octanol–water partition coefficient (Wildman–Crippen LogP) is 3.14. The highest BCUT2D eigenvalue weighted by atomic mass is 28.3. The minimum Gasteiger partial charge on any atom is -0.330 e. The van der Waals surface area contributed by atoms with Gasteiger partial charge >= 0.3 is 0 Å². The fraction of sp³-hybridized carbons (Fsp3) is 0.538. The molecule has 0 fully saturated rings. The van der Waals surface area contributed by atoms with Crippen LogP contribution in [0.4, 0.5) is 0 Å². The minimum atomic E-state index is -0.975. The lowest BCUT2D eigenvalue weighted by atomic mass is 10.0. The van der Waals surface area contributed by atoms with Gasteiger partial charge in [-0.15, -0.1) is 0 Å². The molecule has 0 aliphatic carbocycles. The molecule has 0 aliphatic rings. The molecule has 0 heterocycles. The summed E-state index contributed by atoms with van der Waals surface area (Å²) in [5.41, 5.74) is 7.27. The van der Waals surface area contributed by atoms with Gasteiger partial charge in [-0.25, -0.2) is 0 Å². The summed E-state index contributed by atoms with van der Waals surface area (Å²) in [6.07, 6.45) is 1.14. The van der Waals surface area contributed by atoms with E-state index < -0.39 is 8.07 Å². The maximum Gasteiger partial charge on any atom is 0.0446 e. The van der Waals surface area contributed by atoms with Crippen molar-refractivity contribution in [3.05, 3.63) is 35.9 Å². The summed E-state index contributed by atoms with van der Waals surface area (Å²) < 4.78 is 0. The third-order valence-electron chi connectivity index (χ3n) is 2.60. The molecule has 1 aromatic rings. The van der Waals surface area contributed by atoms with Crippen LogP contribution in [-0.4, -0.2) is 14.6 Å². The van der Waals surface area contributed by atoms with Gasteiger partial charge in [-0.2, -0.15) is 0 Å². The Bertz CT molecular complexity index is 276. The summed E-state index contributed by atoms with van der Waals surface area (Å²) in [4.78, 5) is 0. The standard InChI is InChI=1S/C13H23NSi/c1-15(2,3)11-13(10-14)9-12-7-5-4-6-8-12/h4-8,13H,9-11,14H2,1-3H3. The molecule has 2 heteroatoms. The molecular weight excluding hydrogens is 198 g/mol. The molecule has 15 heavy (non-hydrogen) atoms. The lowest BCUT2D eigenvalue weighted by molar-refractivity contribution is 0.584. The van der Waals surface area contributed by atoms with Gasteiger partial charge in [-0.3, -0.25) is 0 Å². The molecule has 0 saturated carbocycles. The summed E-state index contributed by atoms with van der Waals surface area (Å²) in [7, 11) is -0.975. The Morgan fingerprint density at radius 3 is 2.20 bits per heavy atom. The van der Waals surface area contributed by atoms with Gasteiger partial charge < -0.3 is 5.73 Å². The van der Waals surface area contributed by atoms with Gasteiger partial charge in [0.05, 0.1) is 0 Å². The summed E-state index contributed by atoms with van der Waals surface area (Å²) >= 11 is 0. The van der Waals surface area contributed by atoms with Gasteiger partial charge in [0.15, 0.2) is 0 Å². The maximum absolute atomic E-state index is 5.85. The van der Waals surface area contributed by atoms with Crippen LogP contribution in [0.5, 0.6) is 0 Å². The Morgan fingerprint density at radius 1 is 1.13 bits per heavy atom. The van der Waals surface area contributed by atoms with Gasteiger partial charge in [0.1, 0.15) is 0 Å². The van der Waals surface area contributed by atoms with Crippen molar-refractivity contribution in [1.29, 1.82) is 0 Å². The Hall–Kier alpha value is -0.603. The number of hydrogen-bond acceptors (Lipinski definition) is 1. The van der Waals surface area contributed by atoms with E-state index in [1.807, 2.05) is 0 Å². The smallest absolute Gasteiger partial charge is 0.0446 e. The summed E-state index contributed by atoms with van der Waals surface area (Å²) in [5, 5.41) is 0. The van der Waals surface area contributed by atoms with Gasteiger partial charge in [-0.05, 0) is 24.4 Å². The molecule has 1 unspecified atom stereocenters. The van der Waals surface area contributed by atoms with E-state index in [4.69, 9.17) is 5.73 Å². The molecule has 1 rings (SSSR count). The summed E-state index contributed by atoms with van der Waals surface area (Å²) in [6.45, 7) is 8.07. The van der Waals surface area contributed by atoms with Gasteiger partial charge in [0.2, 0.25) is 0 Å². The Morgan fingerprint density at radius 2 is 1.73 bits per heavy atom. The lowest BCUT2D eigenvalue weighted by Crippen LogP contribution is -2.29. The van der Waals surface area contributed by atoms with Crippen LogP contribution >= 0.6 is 0 Å². The second-order valence-electron chi connectivity index (χ2n) is 5.56. The van der Waals surface area contributed by atoms with E-state index in [0.717, 1.165) is 13.0 Å². The van der Waals surface area contributed by atoms with E-state index >= 15 is 0 Å². The molecule has 0 bridgehead atoms. The molecule has 0 aromatic heterocycles. The molecule has 1 nitrogen and oxygen atoms in total. The van der Waals surface area contributed by atoms with Crippen LogP contribution < -0.4 is 5.73 Å². The summed E-state index contributed by atoms with van der Waals surface area (Å²) in [6, 6.07) is 12.0. The SMILES string of the molecule is C[Si](C)(C)CC(CN)Cc1ccccc1. The van der Waals surface area contributed by atoms with Crippen LogP contribution in [0.3, 0.4) is 0 Å². The second kappa shape index (κ2) is 5.47. The Kier molecular flexibility index (Phi) is 4.55. The first-order valence-electron chi connectivity index (χ1n) is 5.75. The van der Waals surface area contributed by atoms with Crippen LogP contribution in [-0.2, 0) is 6.42 Å². The fourth-order valence-electron chi connectivity index (χ4n) is 2.05.